The highest BCUT2D eigenvalue weighted by Crippen LogP contribution is 2.18. The average Bonchev–Trinajstić information content (AvgIpc) is 1.63. The van der Waals surface area contributed by atoms with Crippen molar-refractivity contribution in [3.63, 3.8) is 0 Å². The number of halogens is 6. The van der Waals surface area contributed by atoms with Gasteiger partial charge in [0.25, 0.3) is 0 Å². The summed E-state index contributed by atoms with van der Waals surface area (Å²) in [5, 5.41) is -3.22. The van der Waals surface area contributed by atoms with E-state index in [1.165, 1.54) is 0 Å². The fraction of sp³-hybridized carbons (Fsp3) is 1.00. The summed E-state index contributed by atoms with van der Waals surface area (Å²) in [6.07, 6.45) is -2.17. The minimum atomic E-state index is -3.22. The maximum absolute atomic E-state index is 11.1. The number of rotatable bonds is 1. The Balaban J connectivity index is 0. The third-order valence-electron chi connectivity index (χ3n) is 0.152. The molecule has 0 nitrogen and oxygen atoms in total. The van der Waals surface area contributed by atoms with Gasteiger partial charge < -0.3 is 0 Å². The lowest BCUT2D eigenvalue weighted by Crippen LogP contribution is -2.05. The van der Waals surface area contributed by atoms with Crippen molar-refractivity contribution < 1.29 is 17.6 Å². The van der Waals surface area contributed by atoms with Crippen molar-refractivity contribution in [1.29, 1.82) is 0 Å². The maximum Gasteiger partial charge on any atom is 0.335 e. The molecular weight excluding hydrogens is 195 g/mol. The summed E-state index contributed by atoms with van der Waals surface area (Å²) >= 11 is 8.85. The van der Waals surface area contributed by atoms with Crippen molar-refractivity contribution in [1.82, 2.24) is 0 Å². The Morgan fingerprint density at radius 1 is 1.40 bits per heavy atom. The highest BCUT2D eigenvalue weighted by Gasteiger charge is 2.21. The molecule has 0 amide bonds. The Morgan fingerprint density at radius 2 is 1.50 bits per heavy atom. The Morgan fingerprint density at radius 3 is 1.50 bits per heavy atom. The van der Waals surface area contributed by atoms with E-state index < -0.39 is 17.7 Å². The number of alkyl halides is 6. The average molecular weight is 201 g/mol. The smallest absolute Gasteiger partial charge is 0.211 e. The van der Waals surface area contributed by atoms with Crippen molar-refractivity contribution in [3.05, 3.63) is 0 Å². The Labute approximate surface area is 66.1 Å². The largest absolute Gasteiger partial charge is 0.335 e. The van der Waals surface area contributed by atoms with Gasteiger partial charge in [0.15, 0.2) is 0 Å². The second kappa shape index (κ2) is 6.04. The van der Waals surface area contributed by atoms with Gasteiger partial charge in [-0.3, -0.25) is 0 Å². The van der Waals surface area contributed by atoms with Crippen LogP contribution in [0.1, 0.15) is 6.92 Å². The summed E-state index contributed by atoms with van der Waals surface area (Å²) < 4.78 is 42.8. The lowest BCUT2D eigenvalue weighted by Gasteiger charge is -1.96. The minimum absolute atomic E-state index is 0.825. The van der Waals surface area contributed by atoms with Crippen LogP contribution in [-0.2, 0) is 0 Å². The van der Waals surface area contributed by atoms with Gasteiger partial charge in [0.1, 0.15) is 5.88 Å². The summed E-state index contributed by atoms with van der Waals surface area (Å²) in [6, 6.07) is 0. The zero-order chi connectivity index (χ0) is 8.78. The van der Waals surface area contributed by atoms with E-state index in [-0.39, 0.29) is 0 Å². The summed E-state index contributed by atoms with van der Waals surface area (Å²) in [5.74, 6) is -0.825. The van der Waals surface area contributed by atoms with Crippen LogP contribution in [0.3, 0.4) is 0 Å². The lowest BCUT2D eigenvalue weighted by molar-refractivity contribution is 0.123. The van der Waals surface area contributed by atoms with E-state index in [1.807, 2.05) is 0 Å². The molecule has 0 rings (SSSR count). The van der Waals surface area contributed by atoms with Crippen LogP contribution < -0.4 is 0 Å². The van der Waals surface area contributed by atoms with E-state index in [4.69, 9.17) is 0 Å². The van der Waals surface area contributed by atoms with Gasteiger partial charge in [-0.2, -0.15) is 8.78 Å². The molecule has 0 fully saturated rings. The fourth-order valence-electron chi connectivity index (χ4n) is 0. The third-order valence-corrected chi connectivity index (χ3v) is 0.758. The maximum atomic E-state index is 11.1. The van der Waals surface area contributed by atoms with Gasteiger partial charge in [-0.05, 0) is 18.5 Å². The van der Waals surface area contributed by atoms with Crippen LogP contribution in [0.4, 0.5) is 17.6 Å². The molecule has 0 unspecified atom stereocenters. The molecule has 0 saturated heterocycles. The number of hydrogen-bond donors (Lipinski definition) is 0. The normalized spacial score (nSPS) is 10.8. The van der Waals surface area contributed by atoms with E-state index in [2.05, 4.69) is 23.2 Å². The molecule has 0 atom stereocenters. The first-order valence-corrected chi connectivity index (χ1v) is 3.11. The van der Waals surface area contributed by atoms with E-state index in [0.29, 0.717) is 0 Å². The predicted molar refractivity (Wildman–Crippen MR) is 33.2 cm³/mol. The SMILES string of the molecule is CC(F)F.FC(F)(Cl)CCl. The van der Waals surface area contributed by atoms with E-state index in [1.54, 1.807) is 0 Å². The van der Waals surface area contributed by atoms with Crippen LogP contribution in [-0.4, -0.2) is 17.7 Å². The van der Waals surface area contributed by atoms with Crippen LogP contribution in [0.2, 0.25) is 0 Å². The quantitative estimate of drug-likeness (QED) is 0.450. The van der Waals surface area contributed by atoms with Gasteiger partial charge in [0, 0.05) is 0 Å². The summed E-state index contributed by atoms with van der Waals surface area (Å²) in [7, 11) is 0. The zero-order valence-electron chi connectivity index (χ0n) is 5.05. The molecule has 0 aliphatic rings. The second-order valence-electron chi connectivity index (χ2n) is 1.27. The van der Waals surface area contributed by atoms with Crippen molar-refractivity contribution in [2.45, 2.75) is 18.7 Å². The van der Waals surface area contributed by atoms with Gasteiger partial charge in [-0.25, -0.2) is 8.78 Å². The molecular formula is C4H6Cl2F4. The molecule has 0 heterocycles. The first-order chi connectivity index (χ1) is 4.29. The first kappa shape index (κ1) is 12.9. The Hall–Kier alpha value is 0.300. The monoisotopic (exact) mass is 200 g/mol. The van der Waals surface area contributed by atoms with Crippen molar-refractivity contribution >= 4 is 23.2 Å². The minimum Gasteiger partial charge on any atom is -0.211 e. The fourth-order valence-corrected chi connectivity index (χ4v) is 0. The molecule has 64 valence electrons. The van der Waals surface area contributed by atoms with Gasteiger partial charge in [-0.1, -0.05) is 0 Å². The van der Waals surface area contributed by atoms with E-state index >= 15 is 0 Å². The summed E-state index contributed by atoms with van der Waals surface area (Å²) in [6.45, 7) is 0.833. The van der Waals surface area contributed by atoms with Crippen LogP contribution >= 0.6 is 23.2 Å². The molecule has 0 saturated carbocycles. The molecule has 0 bridgehead atoms. The Kier molecular flexibility index (Phi) is 7.81. The van der Waals surface area contributed by atoms with Crippen LogP contribution in [0.25, 0.3) is 0 Å². The predicted octanol–water partition coefficient (Wildman–Crippen LogP) is 3.33. The topological polar surface area (TPSA) is 0 Å². The van der Waals surface area contributed by atoms with Gasteiger partial charge in [-0.15, -0.1) is 11.6 Å². The molecule has 0 spiro atoms. The molecule has 0 aromatic carbocycles. The van der Waals surface area contributed by atoms with Crippen molar-refractivity contribution in [3.8, 4) is 0 Å². The van der Waals surface area contributed by atoms with Crippen LogP contribution in [0.15, 0.2) is 0 Å². The van der Waals surface area contributed by atoms with Gasteiger partial charge in [0.05, 0.1) is 0 Å². The lowest BCUT2D eigenvalue weighted by atomic mass is 10.8. The molecule has 6 heteroatoms. The van der Waals surface area contributed by atoms with E-state index in [0.717, 1.165) is 6.92 Å². The van der Waals surface area contributed by atoms with Gasteiger partial charge >= 0.3 is 5.38 Å². The van der Waals surface area contributed by atoms with Crippen LogP contribution in [0.5, 0.6) is 0 Å². The Bertz CT molecular complexity index is 67.4. The molecule has 0 radical (unpaired) electrons. The number of hydrogen-bond acceptors (Lipinski definition) is 0. The second-order valence-corrected chi connectivity index (χ2v) is 2.09. The van der Waals surface area contributed by atoms with Gasteiger partial charge in [0.2, 0.25) is 6.43 Å². The highest BCUT2D eigenvalue weighted by atomic mass is 35.5. The van der Waals surface area contributed by atoms with Crippen molar-refractivity contribution in [2.75, 3.05) is 5.88 Å². The summed E-state index contributed by atoms with van der Waals surface area (Å²) in [5.41, 5.74) is 0. The standard InChI is InChI=1S/C2H2Cl2F2.C2H4F2/c3-1-2(4,5)6;1-2(3)4/h1H2;2H,1H3. The highest BCUT2D eigenvalue weighted by molar-refractivity contribution is 6.28. The molecule has 10 heavy (non-hydrogen) atoms. The first-order valence-electron chi connectivity index (χ1n) is 2.20. The third kappa shape index (κ3) is 40.6. The zero-order valence-corrected chi connectivity index (χ0v) is 6.56. The van der Waals surface area contributed by atoms with Crippen molar-refractivity contribution in [2.24, 2.45) is 0 Å². The summed E-state index contributed by atoms with van der Waals surface area (Å²) in [4.78, 5) is 0. The molecule has 0 aliphatic carbocycles. The molecule has 0 aromatic heterocycles. The molecule has 0 aromatic rings. The van der Waals surface area contributed by atoms with Crippen LogP contribution in [0, 0.1) is 0 Å². The van der Waals surface area contributed by atoms with E-state index in [9.17, 15) is 17.6 Å². The molecule has 0 N–H and O–H groups in total. The molecule has 0 aliphatic heterocycles.